The summed E-state index contributed by atoms with van der Waals surface area (Å²) in [7, 11) is 3.11. The zero-order chi connectivity index (χ0) is 26.8. The molecule has 2 unspecified atom stereocenters. The first-order valence-electron chi connectivity index (χ1n) is 11.6. The molecule has 11 heteroatoms. The number of ketones is 2. The third-order valence-electron chi connectivity index (χ3n) is 7.56. The zero-order valence-electron chi connectivity index (χ0n) is 20.1. The molecule has 1 saturated carbocycles. The number of hydrogen-bond acceptors (Lipinski definition) is 9. The molecular formula is C26H26N4O7. The molecule has 1 amide bonds. The number of primary amides is 1. The number of benzene rings is 1. The van der Waals surface area contributed by atoms with Crippen LogP contribution in [0.5, 0.6) is 5.75 Å². The Kier molecular flexibility index (Phi) is 5.57. The molecule has 1 fully saturated rings. The molecule has 1 aromatic heterocycles. The number of carbonyl (C=O) groups is 3. The molecule has 0 aliphatic heterocycles. The van der Waals surface area contributed by atoms with E-state index in [0.717, 1.165) is 0 Å². The average molecular weight is 507 g/mol. The van der Waals surface area contributed by atoms with E-state index in [0.29, 0.717) is 11.1 Å². The maximum Gasteiger partial charge on any atom is 0.255 e. The highest BCUT2D eigenvalue weighted by Gasteiger charge is 2.64. The molecule has 37 heavy (non-hydrogen) atoms. The van der Waals surface area contributed by atoms with Crippen LogP contribution in [-0.2, 0) is 20.8 Å². The fourth-order valence-corrected chi connectivity index (χ4v) is 5.92. The van der Waals surface area contributed by atoms with Gasteiger partial charge in [0.1, 0.15) is 22.8 Å². The van der Waals surface area contributed by atoms with Gasteiger partial charge >= 0.3 is 0 Å². The normalized spacial score (nSPS) is 27.5. The molecule has 3 aliphatic rings. The highest BCUT2D eigenvalue weighted by Crippen LogP contribution is 2.52. The Labute approximate surface area is 211 Å². The van der Waals surface area contributed by atoms with Crippen molar-refractivity contribution in [1.29, 1.82) is 0 Å². The summed E-state index contributed by atoms with van der Waals surface area (Å²) in [5.41, 5.74) is 2.80. The summed E-state index contributed by atoms with van der Waals surface area (Å²) < 4.78 is 1.58. The first kappa shape index (κ1) is 24.5. The van der Waals surface area contributed by atoms with Crippen LogP contribution in [-0.4, -0.2) is 79.4 Å². The van der Waals surface area contributed by atoms with Gasteiger partial charge in [0.2, 0.25) is 5.78 Å². The highest BCUT2D eigenvalue weighted by molar-refractivity contribution is 6.24. The molecule has 6 N–H and O–H groups in total. The number of Topliss-reactive ketones (excluding diaryl/α,β-unsaturated/α-hetero) is 2. The fourth-order valence-electron chi connectivity index (χ4n) is 5.92. The number of aromatic nitrogens is 1. The maximum absolute atomic E-state index is 13.8. The number of aromatic hydroxyl groups is 1. The van der Waals surface area contributed by atoms with Crippen LogP contribution in [0.25, 0.3) is 5.76 Å². The van der Waals surface area contributed by atoms with Crippen molar-refractivity contribution in [1.82, 2.24) is 9.58 Å². The molecule has 1 aromatic carbocycles. The number of fused-ring (bicyclic) bond motifs is 3. The van der Waals surface area contributed by atoms with Crippen molar-refractivity contribution in [3.05, 3.63) is 70.3 Å². The summed E-state index contributed by atoms with van der Waals surface area (Å²) in [5, 5.41) is 48.7. The van der Waals surface area contributed by atoms with E-state index in [2.05, 4.69) is 5.10 Å². The van der Waals surface area contributed by atoms with Crippen LogP contribution in [0.3, 0.4) is 0 Å². The molecule has 0 bridgehead atoms. The molecule has 0 radical (unpaired) electrons. The Morgan fingerprint density at radius 1 is 1.19 bits per heavy atom. The number of likely N-dealkylation sites (N-methyl/N-ethyl adjacent to an activating group) is 1. The molecule has 5 rings (SSSR count). The van der Waals surface area contributed by atoms with Gasteiger partial charge in [0.15, 0.2) is 11.4 Å². The lowest BCUT2D eigenvalue weighted by Crippen LogP contribution is -2.65. The number of nitrogens with zero attached hydrogens (tertiary/aromatic N) is 3. The molecule has 1 heterocycles. The van der Waals surface area contributed by atoms with Crippen LogP contribution < -0.4 is 5.73 Å². The summed E-state index contributed by atoms with van der Waals surface area (Å²) >= 11 is 0. The minimum atomic E-state index is -2.66. The smallest absolute Gasteiger partial charge is 0.255 e. The number of hydrogen-bond donors (Lipinski definition) is 5. The molecule has 192 valence electrons. The zero-order valence-corrected chi connectivity index (χ0v) is 20.1. The quantitative estimate of drug-likeness (QED) is 0.296. The first-order chi connectivity index (χ1) is 17.5. The number of nitrogens with two attached hydrogens (primary N) is 1. The van der Waals surface area contributed by atoms with Gasteiger partial charge in [0.25, 0.3) is 5.91 Å². The molecule has 11 nitrogen and oxygen atoms in total. The molecule has 3 aliphatic carbocycles. The molecule has 2 aromatic rings. The minimum absolute atomic E-state index is 0.0211. The van der Waals surface area contributed by atoms with Crippen molar-refractivity contribution in [3.63, 3.8) is 0 Å². The van der Waals surface area contributed by atoms with E-state index in [1.165, 1.54) is 11.0 Å². The first-order valence-corrected chi connectivity index (χ1v) is 11.6. The molecular weight excluding hydrogens is 480 g/mol. The molecule has 0 spiro atoms. The van der Waals surface area contributed by atoms with Crippen LogP contribution in [0.1, 0.15) is 23.1 Å². The van der Waals surface area contributed by atoms with Crippen LogP contribution in [0.4, 0.5) is 0 Å². The third-order valence-corrected chi connectivity index (χ3v) is 7.56. The fraction of sp³-hybridized carbons (Fsp3) is 0.308. The van der Waals surface area contributed by atoms with Gasteiger partial charge in [-0.1, -0.05) is 0 Å². The van der Waals surface area contributed by atoms with Crippen LogP contribution >= 0.6 is 0 Å². The second-order valence-corrected chi connectivity index (χ2v) is 9.80. The summed E-state index contributed by atoms with van der Waals surface area (Å²) in [4.78, 5) is 40.5. The van der Waals surface area contributed by atoms with E-state index < -0.39 is 58.0 Å². The Bertz CT molecular complexity index is 1440. The van der Waals surface area contributed by atoms with Gasteiger partial charge in [0, 0.05) is 23.9 Å². The second kappa shape index (κ2) is 8.43. The predicted octanol–water partition coefficient (Wildman–Crippen LogP) is 0.648. The van der Waals surface area contributed by atoms with Gasteiger partial charge in [-0.25, -0.2) is 4.68 Å². The number of phenols is 1. The second-order valence-electron chi connectivity index (χ2n) is 9.80. The Hall–Kier alpha value is -4.22. The van der Waals surface area contributed by atoms with E-state index in [9.17, 15) is 34.8 Å². The van der Waals surface area contributed by atoms with Gasteiger partial charge in [-0.05, 0) is 68.2 Å². The lowest BCUT2D eigenvalue weighted by molar-refractivity contribution is -0.153. The van der Waals surface area contributed by atoms with Crippen LogP contribution in [0.15, 0.2) is 58.7 Å². The number of aliphatic hydroxyl groups is 3. The van der Waals surface area contributed by atoms with Crippen LogP contribution in [0, 0.1) is 11.8 Å². The largest absolute Gasteiger partial charge is 0.508 e. The van der Waals surface area contributed by atoms with Crippen molar-refractivity contribution in [2.24, 2.45) is 22.7 Å². The van der Waals surface area contributed by atoms with Gasteiger partial charge < -0.3 is 26.2 Å². The molecule has 4 atom stereocenters. The number of rotatable bonds is 4. The van der Waals surface area contributed by atoms with Crippen LogP contribution in [0.2, 0.25) is 0 Å². The Morgan fingerprint density at radius 3 is 2.49 bits per heavy atom. The minimum Gasteiger partial charge on any atom is -0.508 e. The lowest BCUT2D eigenvalue weighted by Gasteiger charge is -2.50. The number of carbonyl (C=O) groups excluding carboxylic acids is 3. The Morgan fingerprint density at radius 2 is 1.86 bits per heavy atom. The summed E-state index contributed by atoms with van der Waals surface area (Å²) in [6, 6.07) is 5.48. The lowest BCUT2D eigenvalue weighted by atomic mass is 9.57. The Balaban J connectivity index is 1.69. The summed E-state index contributed by atoms with van der Waals surface area (Å²) in [6.45, 7) is 0. The van der Waals surface area contributed by atoms with Gasteiger partial charge in [-0.15, -0.1) is 0 Å². The predicted molar refractivity (Wildman–Crippen MR) is 132 cm³/mol. The van der Waals surface area contributed by atoms with E-state index >= 15 is 0 Å². The third kappa shape index (κ3) is 3.42. The molecule has 0 saturated heterocycles. The van der Waals surface area contributed by atoms with Gasteiger partial charge in [-0.2, -0.15) is 5.10 Å². The van der Waals surface area contributed by atoms with E-state index in [-0.39, 0.29) is 29.7 Å². The number of amides is 1. The highest BCUT2D eigenvalue weighted by atomic mass is 16.3. The maximum atomic E-state index is 13.8. The van der Waals surface area contributed by atoms with Crippen molar-refractivity contribution in [3.8, 4) is 5.75 Å². The number of aliphatic hydroxyl groups excluding tert-OH is 2. The number of phenolic OH excluding ortho intramolecular Hbond substituents is 1. The van der Waals surface area contributed by atoms with Crippen molar-refractivity contribution < 1.29 is 34.8 Å². The van der Waals surface area contributed by atoms with Crippen molar-refractivity contribution in [2.45, 2.75) is 24.5 Å². The SMILES string of the molecule is CN(C)[C@@H]1C(=O)C(C(N)=O)=C(O)[C@@]2(O)C(=O)C3=C(O)c4c(O)ccc(/C=N/n5cccc5)c4CC3CC12. The van der Waals surface area contributed by atoms with E-state index in [4.69, 9.17) is 5.73 Å². The van der Waals surface area contributed by atoms with E-state index in [1.807, 2.05) is 0 Å². The topological polar surface area (TPSA) is 179 Å². The summed E-state index contributed by atoms with van der Waals surface area (Å²) in [5.74, 6) is -6.80. The van der Waals surface area contributed by atoms with Gasteiger partial charge in [0.05, 0.1) is 17.8 Å². The van der Waals surface area contributed by atoms with Gasteiger partial charge in [-0.3, -0.25) is 19.3 Å². The monoisotopic (exact) mass is 506 g/mol. The average Bonchev–Trinajstić information content (AvgIpc) is 3.34. The van der Waals surface area contributed by atoms with E-state index in [1.54, 1.807) is 55.6 Å². The standard InChI is InChI=1S/C26H26N4O7/c1-29(2)20-15-10-13-9-14-12(11-28-30-7-3-4-8-30)5-6-16(31)18(14)21(32)17(13)23(34)26(15,37)24(35)19(22(20)33)25(27)36/h3-8,11,13,15,20,31-32,35,37H,9-10H2,1-2H3,(H2,27,36)/b28-11+/t13?,15?,20-,26-/m0/s1. The van der Waals surface area contributed by atoms with Crippen molar-refractivity contribution in [2.75, 3.05) is 14.1 Å². The van der Waals surface area contributed by atoms with Crippen molar-refractivity contribution >= 4 is 29.4 Å². The summed E-state index contributed by atoms with van der Waals surface area (Å²) in [6.07, 6.45) is 5.26.